The van der Waals surface area contributed by atoms with Gasteiger partial charge in [-0.15, -0.1) is 5.10 Å². The van der Waals surface area contributed by atoms with Crippen LogP contribution in [0.4, 0.5) is 0 Å². The summed E-state index contributed by atoms with van der Waals surface area (Å²) in [5.74, 6) is 0.812. The maximum Gasteiger partial charge on any atom is 0.165 e. The van der Waals surface area contributed by atoms with E-state index < -0.39 is 10.8 Å². The van der Waals surface area contributed by atoms with Crippen molar-refractivity contribution in [1.82, 2.24) is 25.5 Å². The Hall–Kier alpha value is -0.820. The number of hydrogen-bond acceptors (Lipinski definition) is 5. The predicted octanol–water partition coefficient (Wildman–Crippen LogP) is -0.450. The van der Waals surface area contributed by atoms with Crippen molar-refractivity contribution in [2.24, 2.45) is 0 Å². The lowest BCUT2D eigenvalue weighted by molar-refractivity contribution is 0.525. The second-order valence-corrected chi connectivity index (χ2v) is 5.25. The molecule has 0 saturated heterocycles. The molecule has 6 nitrogen and oxygen atoms in total. The van der Waals surface area contributed by atoms with Gasteiger partial charge in [-0.3, -0.25) is 4.21 Å². The van der Waals surface area contributed by atoms with Gasteiger partial charge in [-0.1, -0.05) is 6.92 Å². The molecule has 0 aliphatic carbocycles. The summed E-state index contributed by atoms with van der Waals surface area (Å²) in [6, 6.07) is 0. The lowest BCUT2D eigenvalue weighted by atomic mass is 10.3. The molecule has 2 atom stereocenters. The predicted molar refractivity (Wildman–Crippen MR) is 58.7 cm³/mol. The van der Waals surface area contributed by atoms with Gasteiger partial charge in [-0.2, -0.15) is 0 Å². The van der Waals surface area contributed by atoms with E-state index in [4.69, 9.17) is 0 Å². The van der Waals surface area contributed by atoms with Crippen LogP contribution in [0.15, 0.2) is 0 Å². The van der Waals surface area contributed by atoms with Crippen LogP contribution >= 0.6 is 0 Å². The average Bonchev–Trinajstić information content (AvgIpc) is 2.62. The maximum atomic E-state index is 11.2. The molecule has 0 spiro atoms. The smallest absolute Gasteiger partial charge is 0.165 e. The van der Waals surface area contributed by atoms with Gasteiger partial charge in [0.15, 0.2) is 5.82 Å². The van der Waals surface area contributed by atoms with E-state index in [1.165, 1.54) is 0 Å². The zero-order valence-electron chi connectivity index (χ0n) is 9.30. The van der Waals surface area contributed by atoms with E-state index in [1.54, 1.807) is 10.9 Å². The summed E-state index contributed by atoms with van der Waals surface area (Å²) in [5, 5.41) is 14.6. The Labute approximate surface area is 91.9 Å². The van der Waals surface area contributed by atoms with Crippen molar-refractivity contribution in [3.8, 4) is 0 Å². The van der Waals surface area contributed by atoms with Crippen LogP contribution in [-0.2, 0) is 23.9 Å². The molecule has 86 valence electrons. The number of nitrogens with one attached hydrogen (secondary N) is 1. The lowest BCUT2D eigenvalue weighted by Crippen LogP contribution is -2.17. The van der Waals surface area contributed by atoms with Gasteiger partial charge in [-0.05, 0) is 23.9 Å². The maximum absolute atomic E-state index is 11.2. The van der Waals surface area contributed by atoms with Gasteiger partial charge in [0.1, 0.15) is 0 Å². The van der Waals surface area contributed by atoms with Gasteiger partial charge in [0, 0.05) is 28.9 Å². The van der Waals surface area contributed by atoms with E-state index in [0.717, 1.165) is 12.2 Å². The first-order chi connectivity index (χ1) is 7.15. The summed E-state index contributed by atoms with van der Waals surface area (Å²) < 4.78 is 12.9. The highest BCUT2D eigenvalue weighted by Crippen LogP contribution is 2.02. The van der Waals surface area contributed by atoms with Crippen molar-refractivity contribution >= 4 is 10.8 Å². The van der Waals surface area contributed by atoms with Gasteiger partial charge in [0.25, 0.3) is 0 Å². The van der Waals surface area contributed by atoms with Crippen LogP contribution in [0, 0.1) is 0 Å². The van der Waals surface area contributed by atoms with E-state index in [1.807, 2.05) is 14.0 Å². The zero-order valence-corrected chi connectivity index (χ0v) is 10.1. The van der Waals surface area contributed by atoms with Gasteiger partial charge >= 0.3 is 0 Å². The minimum atomic E-state index is -0.780. The molecular formula is C8H17N5OS. The van der Waals surface area contributed by atoms with Crippen molar-refractivity contribution in [1.29, 1.82) is 0 Å². The molecule has 1 aromatic heterocycles. The van der Waals surface area contributed by atoms with Crippen molar-refractivity contribution in [3.63, 3.8) is 0 Å². The summed E-state index contributed by atoms with van der Waals surface area (Å²) in [6.45, 7) is 3.33. The van der Waals surface area contributed by atoms with Crippen molar-refractivity contribution in [2.45, 2.75) is 31.7 Å². The first kappa shape index (κ1) is 12.3. The summed E-state index contributed by atoms with van der Waals surface area (Å²) in [4.78, 5) is 0. The van der Waals surface area contributed by atoms with Crippen LogP contribution in [0.2, 0.25) is 0 Å². The van der Waals surface area contributed by atoms with Crippen LogP contribution in [0.3, 0.4) is 0 Å². The average molecular weight is 231 g/mol. The Bertz CT molecular complexity index is 327. The summed E-state index contributed by atoms with van der Waals surface area (Å²) in [7, 11) is 1.07. The van der Waals surface area contributed by atoms with E-state index in [-0.39, 0.29) is 5.25 Å². The van der Waals surface area contributed by atoms with Gasteiger partial charge in [0.05, 0.1) is 6.54 Å². The molecular weight excluding hydrogens is 214 g/mol. The number of rotatable bonds is 6. The molecule has 0 aliphatic heterocycles. The van der Waals surface area contributed by atoms with E-state index in [0.29, 0.717) is 13.1 Å². The number of nitrogens with zero attached hydrogens (tertiary/aromatic N) is 4. The normalized spacial score (nSPS) is 15.1. The second kappa shape index (κ2) is 5.92. The Morgan fingerprint density at radius 3 is 2.93 bits per heavy atom. The van der Waals surface area contributed by atoms with Gasteiger partial charge in [-0.25, -0.2) is 4.68 Å². The molecule has 0 radical (unpaired) electrons. The number of tetrazole rings is 1. The molecule has 7 heteroatoms. The molecule has 1 aromatic rings. The highest BCUT2D eigenvalue weighted by atomic mass is 32.2. The molecule has 1 rings (SSSR count). The number of hydrogen-bond donors (Lipinski definition) is 1. The third kappa shape index (κ3) is 3.67. The standard InChI is InChI=1S/C8H17N5OS/c1-7(15(3)14)4-5-13-8(6-9-2)10-11-12-13/h7,9H,4-6H2,1-3H3. The first-order valence-electron chi connectivity index (χ1n) is 4.87. The van der Waals surface area contributed by atoms with Crippen molar-refractivity contribution in [3.05, 3.63) is 5.82 Å². The van der Waals surface area contributed by atoms with E-state index in [2.05, 4.69) is 20.8 Å². The molecule has 15 heavy (non-hydrogen) atoms. The number of aryl methyl sites for hydroxylation is 1. The van der Waals surface area contributed by atoms with Crippen molar-refractivity contribution in [2.75, 3.05) is 13.3 Å². The van der Waals surface area contributed by atoms with Gasteiger partial charge in [0.2, 0.25) is 0 Å². The Balaban J connectivity index is 2.49. The van der Waals surface area contributed by atoms with Crippen LogP contribution < -0.4 is 5.32 Å². The minimum Gasteiger partial charge on any atom is -0.313 e. The van der Waals surface area contributed by atoms with Crippen LogP contribution in [0.5, 0.6) is 0 Å². The SMILES string of the molecule is CNCc1nnnn1CCC(C)S(C)=O. The molecule has 0 aliphatic rings. The monoisotopic (exact) mass is 231 g/mol. The van der Waals surface area contributed by atoms with Crippen LogP contribution in [0.1, 0.15) is 19.2 Å². The Morgan fingerprint density at radius 2 is 2.33 bits per heavy atom. The highest BCUT2D eigenvalue weighted by molar-refractivity contribution is 7.84. The first-order valence-corrected chi connectivity index (χ1v) is 6.49. The Kier molecular flexibility index (Phi) is 4.83. The number of aromatic nitrogens is 4. The fourth-order valence-electron chi connectivity index (χ4n) is 1.15. The molecule has 0 fully saturated rings. The Morgan fingerprint density at radius 1 is 1.60 bits per heavy atom. The third-order valence-corrected chi connectivity index (χ3v) is 3.62. The molecule has 0 saturated carbocycles. The molecule has 0 aromatic carbocycles. The molecule has 1 heterocycles. The lowest BCUT2D eigenvalue weighted by Gasteiger charge is -2.08. The van der Waals surface area contributed by atoms with E-state index in [9.17, 15) is 4.21 Å². The van der Waals surface area contributed by atoms with Crippen LogP contribution in [-0.4, -0.2) is 43.0 Å². The molecule has 1 N–H and O–H groups in total. The molecule has 0 bridgehead atoms. The largest absolute Gasteiger partial charge is 0.313 e. The second-order valence-electron chi connectivity index (χ2n) is 3.45. The highest BCUT2D eigenvalue weighted by Gasteiger charge is 2.09. The molecule has 2 unspecified atom stereocenters. The fraction of sp³-hybridized carbons (Fsp3) is 0.875. The van der Waals surface area contributed by atoms with E-state index >= 15 is 0 Å². The summed E-state index contributed by atoms with van der Waals surface area (Å²) in [5.41, 5.74) is 0. The topological polar surface area (TPSA) is 72.7 Å². The van der Waals surface area contributed by atoms with Crippen LogP contribution in [0.25, 0.3) is 0 Å². The zero-order chi connectivity index (χ0) is 11.3. The minimum absolute atomic E-state index is 0.177. The quantitative estimate of drug-likeness (QED) is 0.718. The van der Waals surface area contributed by atoms with Crippen molar-refractivity contribution < 1.29 is 4.21 Å². The fourth-order valence-corrected chi connectivity index (χ4v) is 1.59. The summed E-state index contributed by atoms with van der Waals surface area (Å²) >= 11 is 0. The molecule has 0 amide bonds. The summed E-state index contributed by atoms with van der Waals surface area (Å²) in [6.07, 6.45) is 2.55. The third-order valence-electron chi connectivity index (χ3n) is 2.26. The van der Waals surface area contributed by atoms with Gasteiger partial charge < -0.3 is 5.32 Å².